The van der Waals surface area contributed by atoms with Crippen molar-refractivity contribution < 1.29 is 4.74 Å². The molecule has 0 bridgehead atoms. The highest BCUT2D eigenvalue weighted by Crippen LogP contribution is 2.24. The lowest BCUT2D eigenvalue weighted by Gasteiger charge is -2.19. The van der Waals surface area contributed by atoms with Gasteiger partial charge in [0.25, 0.3) is 0 Å². The van der Waals surface area contributed by atoms with E-state index in [-0.39, 0.29) is 5.41 Å². The molecule has 0 radical (unpaired) electrons. The third-order valence-electron chi connectivity index (χ3n) is 4.52. The molecule has 2 aromatic carbocycles. The van der Waals surface area contributed by atoms with Gasteiger partial charge in [0, 0.05) is 18.4 Å². The molecule has 3 aromatic rings. The van der Waals surface area contributed by atoms with Gasteiger partial charge in [-0.1, -0.05) is 45.0 Å². The summed E-state index contributed by atoms with van der Waals surface area (Å²) in [6, 6.07) is 18.4. The van der Waals surface area contributed by atoms with E-state index in [1.54, 1.807) is 13.3 Å². The Morgan fingerprint density at radius 2 is 1.79 bits per heavy atom. The first kappa shape index (κ1) is 19.7. The van der Waals surface area contributed by atoms with Gasteiger partial charge in [0.05, 0.1) is 7.11 Å². The summed E-state index contributed by atoms with van der Waals surface area (Å²) in [6.07, 6.45) is 2.64. The summed E-state index contributed by atoms with van der Waals surface area (Å²) in [4.78, 5) is 8.86. The first-order valence-electron chi connectivity index (χ1n) is 9.51. The average Bonchev–Trinajstić information content (AvgIpc) is 2.68. The Labute approximate surface area is 167 Å². The molecule has 0 saturated carbocycles. The van der Waals surface area contributed by atoms with Crippen molar-refractivity contribution in [3.8, 4) is 5.75 Å². The Morgan fingerprint density at radius 3 is 2.50 bits per heavy atom. The second-order valence-electron chi connectivity index (χ2n) is 7.75. The second-order valence-corrected chi connectivity index (χ2v) is 7.75. The molecular formula is C23H28N4O. The van der Waals surface area contributed by atoms with E-state index in [0.717, 1.165) is 30.2 Å². The van der Waals surface area contributed by atoms with Crippen molar-refractivity contribution in [3.05, 3.63) is 71.9 Å². The van der Waals surface area contributed by atoms with Crippen LogP contribution in [0.15, 0.2) is 60.8 Å². The van der Waals surface area contributed by atoms with Gasteiger partial charge in [0.15, 0.2) is 0 Å². The molecule has 0 aliphatic carbocycles. The van der Waals surface area contributed by atoms with Crippen LogP contribution in [0.1, 0.15) is 31.9 Å². The fraction of sp³-hybridized carbons (Fsp3) is 0.304. The van der Waals surface area contributed by atoms with Crippen LogP contribution < -0.4 is 15.4 Å². The van der Waals surface area contributed by atoms with Gasteiger partial charge >= 0.3 is 0 Å². The fourth-order valence-corrected chi connectivity index (χ4v) is 2.86. The van der Waals surface area contributed by atoms with Crippen LogP contribution in [0.4, 0.5) is 17.5 Å². The van der Waals surface area contributed by atoms with Gasteiger partial charge in [-0.3, -0.25) is 0 Å². The van der Waals surface area contributed by atoms with Gasteiger partial charge < -0.3 is 15.4 Å². The molecule has 5 heteroatoms. The van der Waals surface area contributed by atoms with Gasteiger partial charge in [-0.15, -0.1) is 0 Å². The third kappa shape index (κ3) is 5.46. The number of nitrogens with zero attached hydrogens (tertiary/aromatic N) is 2. The minimum Gasteiger partial charge on any atom is -0.497 e. The largest absolute Gasteiger partial charge is 0.497 e. The molecule has 0 amide bonds. The van der Waals surface area contributed by atoms with Crippen LogP contribution in [0.2, 0.25) is 0 Å². The zero-order valence-electron chi connectivity index (χ0n) is 17.0. The predicted octanol–water partition coefficient (Wildman–Crippen LogP) is 5.18. The van der Waals surface area contributed by atoms with Crippen LogP contribution in [-0.4, -0.2) is 23.6 Å². The molecule has 2 N–H and O–H groups in total. The molecule has 1 heterocycles. The smallest absolute Gasteiger partial charge is 0.229 e. The van der Waals surface area contributed by atoms with Gasteiger partial charge in [0.2, 0.25) is 5.95 Å². The second kappa shape index (κ2) is 8.74. The quantitative estimate of drug-likeness (QED) is 0.595. The normalized spacial score (nSPS) is 11.1. The minimum atomic E-state index is 0.141. The number of benzene rings is 2. The molecular weight excluding hydrogens is 348 g/mol. The Hall–Kier alpha value is -3.08. The highest BCUT2D eigenvalue weighted by atomic mass is 16.5. The van der Waals surface area contributed by atoms with E-state index in [0.29, 0.717) is 5.95 Å². The van der Waals surface area contributed by atoms with E-state index >= 15 is 0 Å². The van der Waals surface area contributed by atoms with E-state index < -0.39 is 0 Å². The van der Waals surface area contributed by atoms with Crippen molar-refractivity contribution in [1.29, 1.82) is 0 Å². The first-order chi connectivity index (χ1) is 13.4. The number of hydrogen-bond acceptors (Lipinski definition) is 5. The third-order valence-corrected chi connectivity index (χ3v) is 4.52. The maximum Gasteiger partial charge on any atom is 0.229 e. The van der Waals surface area contributed by atoms with Gasteiger partial charge in [-0.05, 0) is 53.3 Å². The van der Waals surface area contributed by atoms with Crippen LogP contribution in [-0.2, 0) is 11.8 Å². The van der Waals surface area contributed by atoms with Crippen molar-refractivity contribution in [1.82, 2.24) is 9.97 Å². The number of aromatic nitrogens is 2. The lowest BCUT2D eigenvalue weighted by atomic mass is 9.87. The SMILES string of the molecule is COc1cccc(CCNc2ccnc(Nc3ccc(C(C)(C)C)cc3)n2)c1. The van der Waals surface area contributed by atoms with Crippen molar-refractivity contribution >= 4 is 17.5 Å². The fourth-order valence-electron chi connectivity index (χ4n) is 2.86. The van der Waals surface area contributed by atoms with E-state index in [1.165, 1.54) is 11.1 Å². The molecule has 0 saturated heterocycles. The van der Waals surface area contributed by atoms with Crippen molar-refractivity contribution in [2.24, 2.45) is 0 Å². The Morgan fingerprint density at radius 1 is 1.00 bits per heavy atom. The Kier molecular flexibility index (Phi) is 6.14. The lowest BCUT2D eigenvalue weighted by Crippen LogP contribution is -2.10. The summed E-state index contributed by atoms with van der Waals surface area (Å²) in [5.41, 5.74) is 3.63. The molecule has 1 aromatic heterocycles. The summed E-state index contributed by atoms with van der Waals surface area (Å²) in [6.45, 7) is 7.40. The maximum atomic E-state index is 5.27. The van der Waals surface area contributed by atoms with Gasteiger partial charge in [-0.2, -0.15) is 4.98 Å². The number of ether oxygens (including phenoxy) is 1. The van der Waals surface area contributed by atoms with Gasteiger partial charge in [0.1, 0.15) is 11.6 Å². The molecule has 0 fully saturated rings. The highest BCUT2D eigenvalue weighted by molar-refractivity contribution is 5.55. The van der Waals surface area contributed by atoms with Crippen LogP contribution in [0, 0.1) is 0 Å². The van der Waals surface area contributed by atoms with Crippen LogP contribution in [0.25, 0.3) is 0 Å². The van der Waals surface area contributed by atoms with Crippen LogP contribution in [0.5, 0.6) is 5.75 Å². The molecule has 5 nitrogen and oxygen atoms in total. The molecule has 0 spiro atoms. The summed E-state index contributed by atoms with van der Waals surface area (Å²) in [5, 5.41) is 6.62. The Bertz CT molecular complexity index is 901. The van der Waals surface area contributed by atoms with Crippen molar-refractivity contribution in [2.75, 3.05) is 24.3 Å². The van der Waals surface area contributed by atoms with Crippen molar-refractivity contribution in [3.63, 3.8) is 0 Å². The minimum absolute atomic E-state index is 0.141. The topological polar surface area (TPSA) is 59.1 Å². The van der Waals surface area contributed by atoms with Gasteiger partial charge in [-0.25, -0.2) is 4.98 Å². The maximum absolute atomic E-state index is 5.27. The predicted molar refractivity (Wildman–Crippen MR) is 116 cm³/mol. The average molecular weight is 377 g/mol. The van der Waals surface area contributed by atoms with E-state index in [4.69, 9.17) is 4.74 Å². The van der Waals surface area contributed by atoms with E-state index in [9.17, 15) is 0 Å². The number of hydrogen-bond donors (Lipinski definition) is 2. The number of rotatable bonds is 7. The number of methoxy groups -OCH3 is 1. The highest BCUT2D eigenvalue weighted by Gasteiger charge is 2.12. The molecule has 0 atom stereocenters. The van der Waals surface area contributed by atoms with Crippen LogP contribution >= 0.6 is 0 Å². The van der Waals surface area contributed by atoms with E-state index in [1.807, 2.05) is 18.2 Å². The first-order valence-corrected chi connectivity index (χ1v) is 9.51. The zero-order valence-corrected chi connectivity index (χ0v) is 17.0. The summed E-state index contributed by atoms with van der Waals surface area (Å²) >= 11 is 0. The summed E-state index contributed by atoms with van der Waals surface area (Å²) in [5.74, 6) is 2.25. The monoisotopic (exact) mass is 376 g/mol. The molecule has 3 rings (SSSR count). The zero-order chi connectivity index (χ0) is 20.0. The molecule has 146 valence electrons. The molecule has 0 unspecified atom stereocenters. The number of anilines is 3. The Balaban J connectivity index is 1.57. The summed E-state index contributed by atoms with van der Waals surface area (Å²) < 4.78 is 5.27. The van der Waals surface area contributed by atoms with Crippen molar-refractivity contribution in [2.45, 2.75) is 32.6 Å². The van der Waals surface area contributed by atoms with E-state index in [2.05, 4.69) is 77.8 Å². The lowest BCUT2D eigenvalue weighted by molar-refractivity contribution is 0.414. The molecule has 28 heavy (non-hydrogen) atoms. The molecule has 0 aliphatic rings. The number of nitrogens with one attached hydrogen (secondary N) is 2. The summed E-state index contributed by atoms with van der Waals surface area (Å²) in [7, 11) is 1.68. The van der Waals surface area contributed by atoms with Crippen LogP contribution in [0.3, 0.4) is 0 Å². The molecule has 0 aliphatic heterocycles. The standard InChI is InChI=1S/C23H28N4O/c1-23(2,3)18-8-10-19(11-9-18)26-22-25-15-13-21(27-22)24-14-12-17-6-5-7-20(16-17)28-4/h5-11,13,15-16H,12,14H2,1-4H3,(H2,24,25,26,27).